The van der Waals surface area contributed by atoms with E-state index in [1.165, 1.54) is 0 Å². The van der Waals surface area contributed by atoms with E-state index in [9.17, 15) is 4.79 Å². The van der Waals surface area contributed by atoms with E-state index in [0.29, 0.717) is 12.2 Å². The van der Waals surface area contributed by atoms with E-state index in [0.717, 1.165) is 16.8 Å². The van der Waals surface area contributed by atoms with Gasteiger partial charge >= 0.3 is 6.03 Å². The van der Waals surface area contributed by atoms with Gasteiger partial charge in [-0.15, -0.1) is 0 Å². The van der Waals surface area contributed by atoms with Crippen molar-refractivity contribution in [2.45, 2.75) is 20.4 Å². The number of nitrogens with one attached hydrogen (secondary N) is 2. The fraction of sp³-hybridized carbons (Fsp3) is 0.286. The molecule has 3 N–H and O–H groups in total. The Morgan fingerprint density at radius 2 is 2.00 bits per heavy atom. The van der Waals surface area contributed by atoms with E-state index in [2.05, 4.69) is 15.7 Å². The summed E-state index contributed by atoms with van der Waals surface area (Å²) in [6.07, 6.45) is 3.21. The molecule has 2 aromatic rings. The molecule has 106 valence electrons. The van der Waals surface area contributed by atoms with Crippen LogP contribution in [0, 0.1) is 13.8 Å². The molecule has 2 rings (SSSR count). The molecule has 1 aromatic carbocycles. The predicted molar refractivity (Wildman–Crippen MR) is 77.9 cm³/mol. The van der Waals surface area contributed by atoms with E-state index in [1.807, 2.05) is 32.0 Å². The Morgan fingerprint density at radius 3 is 2.65 bits per heavy atom. The summed E-state index contributed by atoms with van der Waals surface area (Å²) in [6.45, 7) is 4.31. The first-order valence-electron chi connectivity index (χ1n) is 6.37. The predicted octanol–water partition coefficient (Wildman–Crippen LogP) is 2.14. The van der Waals surface area contributed by atoms with Crippen LogP contribution >= 0.6 is 0 Å². The third-order valence-corrected chi connectivity index (χ3v) is 2.94. The van der Waals surface area contributed by atoms with Gasteiger partial charge in [0, 0.05) is 11.9 Å². The highest BCUT2D eigenvalue weighted by Crippen LogP contribution is 2.19. The normalized spacial score (nSPS) is 10.3. The van der Waals surface area contributed by atoms with Gasteiger partial charge in [-0.3, -0.25) is 4.68 Å². The van der Waals surface area contributed by atoms with Crippen LogP contribution in [0.25, 0.3) is 0 Å². The van der Waals surface area contributed by atoms with Gasteiger partial charge in [0.15, 0.2) is 0 Å². The van der Waals surface area contributed by atoms with Gasteiger partial charge in [0.1, 0.15) is 0 Å². The van der Waals surface area contributed by atoms with E-state index < -0.39 is 0 Å². The molecule has 0 radical (unpaired) electrons. The number of benzene rings is 1. The average molecular weight is 274 g/mol. The molecule has 0 fully saturated rings. The van der Waals surface area contributed by atoms with Crippen molar-refractivity contribution >= 4 is 17.4 Å². The van der Waals surface area contributed by atoms with Crippen LogP contribution in [0.1, 0.15) is 11.1 Å². The second-order valence-electron chi connectivity index (χ2n) is 4.56. The van der Waals surface area contributed by atoms with Crippen molar-refractivity contribution in [1.29, 1.82) is 0 Å². The van der Waals surface area contributed by atoms with Crippen LogP contribution < -0.4 is 10.6 Å². The van der Waals surface area contributed by atoms with Gasteiger partial charge in [-0.05, 0) is 25.0 Å². The minimum atomic E-state index is -0.314. The molecule has 0 bridgehead atoms. The first-order valence-corrected chi connectivity index (χ1v) is 6.37. The third-order valence-electron chi connectivity index (χ3n) is 2.94. The van der Waals surface area contributed by atoms with Crippen LogP contribution in [-0.2, 0) is 6.54 Å². The number of rotatable bonds is 4. The quantitative estimate of drug-likeness (QED) is 0.799. The number of aliphatic hydroxyl groups is 1. The Hall–Kier alpha value is -2.34. The Balaban J connectivity index is 2.01. The second-order valence-corrected chi connectivity index (χ2v) is 4.56. The van der Waals surface area contributed by atoms with E-state index in [4.69, 9.17) is 5.11 Å². The highest BCUT2D eigenvalue weighted by Gasteiger charge is 2.08. The molecule has 1 aromatic heterocycles. The number of nitrogens with zero attached hydrogens (tertiary/aromatic N) is 2. The average Bonchev–Trinajstić information content (AvgIpc) is 2.82. The highest BCUT2D eigenvalue weighted by atomic mass is 16.3. The zero-order valence-electron chi connectivity index (χ0n) is 11.6. The summed E-state index contributed by atoms with van der Waals surface area (Å²) in [5.74, 6) is 0. The van der Waals surface area contributed by atoms with Gasteiger partial charge < -0.3 is 15.7 Å². The first-order chi connectivity index (χ1) is 9.60. The largest absolute Gasteiger partial charge is 0.394 e. The Kier molecular flexibility index (Phi) is 4.37. The number of carbonyl (C=O) groups is 1. The number of para-hydroxylation sites is 1. The first kappa shape index (κ1) is 14.1. The van der Waals surface area contributed by atoms with Crippen LogP contribution in [0.15, 0.2) is 30.6 Å². The standard InChI is InChI=1S/C14H18N4O2/c1-10-4-3-5-11(2)13(10)17-14(20)16-12-8-15-18(9-12)6-7-19/h3-5,8-9,19H,6-7H2,1-2H3,(H2,16,17,20). The summed E-state index contributed by atoms with van der Waals surface area (Å²) >= 11 is 0. The fourth-order valence-electron chi connectivity index (χ4n) is 1.94. The number of hydrogen-bond acceptors (Lipinski definition) is 3. The zero-order valence-corrected chi connectivity index (χ0v) is 11.6. The number of urea groups is 1. The molecule has 6 nitrogen and oxygen atoms in total. The number of amides is 2. The Bertz CT molecular complexity index is 587. The molecule has 2 amide bonds. The summed E-state index contributed by atoms with van der Waals surface area (Å²) in [7, 11) is 0. The molecule has 0 aliphatic carbocycles. The molecule has 0 aliphatic heterocycles. The summed E-state index contributed by atoms with van der Waals surface area (Å²) < 4.78 is 1.56. The third kappa shape index (κ3) is 3.36. The molecule has 6 heteroatoms. The number of carbonyl (C=O) groups excluding carboxylic acids is 1. The number of aromatic nitrogens is 2. The lowest BCUT2D eigenvalue weighted by atomic mass is 10.1. The van der Waals surface area contributed by atoms with Gasteiger partial charge in [-0.1, -0.05) is 18.2 Å². The van der Waals surface area contributed by atoms with Crippen molar-refractivity contribution in [1.82, 2.24) is 9.78 Å². The number of anilines is 2. The monoisotopic (exact) mass is 274 g/mol. The van der Waals surface area contributed by atoms with Crippen LogP contribution in [0.5, 0.6) is 0 Å². The molecule has 0 unspecified atom stereocenters. The number of aliphatic hydroxyl groups excluding tert-OH is 1. The maximum Gasteiger partial charge on any atom is 0.323 e. The molecule has 0 aliphatic rings. The topological polar surface area (TPSA) is 79.2 Å². The van der Waals surface area contributed by atoms with E-state index in [-0.39, 0.29) is 12.6 Å². The zero-order chi connectivity index (χ0) is 14.5. The van der Waals surface area contributed by atoms with E-state index in [1.54, 1.807) is 17.1 Å². The number of hydrogen-bond donors (Lipinski definition) is 3. The highest BCUT2D eigenvalue weighted by molar-refractivity contribution is 6.00. The van der Waals surface area contributed by atoms with Crippen molar-refractivity contribution in [2.24, 2.45) is 0 Å². The lowest BCUT2D eigenvalue weighted by Gasteiger charge is -2.11. The molecule has 0 saturated carbocycles. The molecular weight excluding hydrogens is 256 g/mol. The van der Waals surface area contributed by atoms with Gasteiger partial charge in [-0.25, -0.2) is 4.79 Å². The van der Waals surface area contributed by atoms with Crippen LogP contribution in [0.3, 0.4) is 0 Å². The fourth-order valence-corrected chi connectivity index (χ4v) is 1.94. The van der Waals surface area contributed by atoms with Crippen molar-refractivity contribution in [3.05, 3.63) is 41.7 Å². The smallest absolute Gasteiger partial charge is 0.323 e. The Labute approximate surface area is 117 Å². The van der Waals surface area contributed by atoms with Crippen molar-refractivity contribution in [3.8, 4) is 0 Å². The maximum atomic E-state index is 11.9. The lowest BCUT2D eigenvalue weighted by Crippen LogP contribution is -2.20. The van der Waals surface area contributed by atoms with Crippen molar-refractivity contribution in [3.63, 3.8) is 0 Å². The SMILES string of the molecule is Cc1cccc(C)c1NC(=O)Nc1cnn(CCO)c1. The maximum absolute atomic E-state index is 11.9. The Morgan fingerprint density at radius 1 is 1.30 bits per heavy atom. The second kappa shape index (κ2) is 6.21. The van der Waals surface area contributed by atoms with Gasteiger partial charge in [0.25, 0.3) is 0 Å². The van der Waals surface area contributed by atoms with Crippen LogP contribution in [0.2, 0.25) is 0 Å². The molecular formula is C14H18N4O2. The molecule has 0 spiro atoms. The van der Waals surface area contributed by atoms with E-state index >= 15 is 0 Å². The minimum absolute atomic E-state index is 0.00964. The minimum Gasteiger partial charge on any atom is -0.394 e. The molecule has 1 heterocycles. The summed E-state index contributed by atoms with van der Waals surface area (Å²) in [5, 5.41) is 18.4. The molecule has 0 atom stereocenters. The molecule has 20 heavy (non-hydrogen) atoms. The van der Waals surface area contributed by atoms with Gasteiger partial charge in [0.05, 0.1) is 25.0 Å². The summed E-state index contributed by atoms with van der Waals surface area (Å²) in [4.78, 5) is 11.9. The van der Waals surface area contributed by atoms with Gasteiger partial charge in [-0.2, -0.15) is 5.10 Å². The van der Waals surface area contributed by atoms with Crippen LogP contribution in [-0.4, -0.2) is 27.5 Å². The van der Waals surface area contributed by atoms with Crippen molar-refractivity contribution < 1.29 is 9.90 Å². The van der Waals surface area contributed by atoms with Gasteiger partial charge in [0.2, 0.25) is 0 Å². The van der Waals surface area contributed by atoms with Crippen LogP contribution in [0.4, 0.5) is 16.2 Å². The summed E-state index contributed by atoms with van der Waals surface area (Å²) in [5.41, 5.74) is 3.42. The number of aryl methyl sites for hydroxylation is 2. The molecule has 0 saturated heterocycles. The lowest BCUT2D eigenvalue weighted by molar-refractivity contribution is 0.262. The van der Waals surface area contributed by atoms with Crippen molar-refractivity contribution in [2.75, 3.05) is 17.2 Å². The summed E-state index contributed by atoms with van der Waals surface area (Å²) in [6, 6.07) is 5.53.